The number of nitrogens with two attached hydrogens (primary N) is 1. The van der Waals surface area contributed by atoms with Crippen LogP contribution in [-0.2, 0) is 11.3 Å². The van der Waals surface area contributed by atoms with Crippen LogP contribution in [-0.4, -0.2) is 25.7 Å². The third-order valence-corrected chi connectivity index (χ3v) is 7.37. The van der Waals surface area contributed by atoms with Crippen LogP contribution in [0.15, 0.2) is 96.2 Å². The van der Waals surface area contributed by atoms with Gasteiger partial charge in [-0.1, -0.05) is 67.1 Å². The molecule has 1 atom stereocenters. The topological polar surface area (TPSA) is 70.4 Å². The summed E-state index contributed by atoms with van der Waals surface area (Å²) < 4.78 is 41.8. The molecule has 3 aromatic carbocycles. The summed E-state index contributed by atoms with van der Waals surface area (Å²) in [7, 11) is 1.58. The van der Waals surface area contributed by atoms with Gasteiger partial charge in [0.2, 0.25) is 0 Å². The number of benzene rings is 3. The standard InChI is InChI=1S/C34H39F3N4O/c1-4-7-28(34(35,36)37)20-31(41(3)30-11-5-8-25(18-30)21-38)33(42)40-29-10-6-9-27(19-29)32(39-22-24-14-15-24)26-16-12-23(2)13-17-26/h5-13,16-20,24,32,39H,4,14-15,21-22,38H2,1-3H3,(H,40,42)/b28-7-,31-20-. The number of anilines is 2. The second-order valence-electron chi connectivity index (χ2n) is 10.8. The summed E-state index contributed by atoms with van der Waals surface area (Å²) in [6.07, 6.45) is -0.0293. The zero-order valence-electron chi connectivity index (χ0n) is 24.3. The highest BCUT2D eigenvalue weighted by atomic mass is 19.4. The molecule has 1 aliphatic carbocycles. The van der Waals surface area contributed by atoms with E-state index in [2.05, 4.69) is 34.9 Å². The molecule has 0 radical (unpaired) electrons. The van der Waals surface area contributed by atoms with Crippen molar-refractivity contribution in [1.82, 2.24) is 5.32 Å². The van der Waals surface area contributed by atoms with E-state index in [1.807, 2.05) is 31.2 Å². The first-order valence-corrected chi connectivity index (χ1v) is 14.3. The van der Waals surface area contributed by atoms with Crippen molar-refractivity contribution in [2.24, 2.45) is 11.7 Å². The summed E-state index contributed by atoms with van der Waals surface area (Å²) in [5, 5.41) is 6.53. The summed E-state index contributed by atoms with van der Waals surface area (Å²) in [4.78, 5) is 15.2. The molecule has 0 aliphatic heterocycles. The summed E-state index contributed by atoms with van der Waals surface area (Å²) in [6, 6.07) is 22.8. The molecule has 5 nitrogen and oxygen atoms in total. The molecule has 1 unspecified atom stereocenters. The molecule has 0 bridgehead atoms. The van der Waals surface area contributed by atoms with Crippen molar-refractivity contribution in [1.29, 1.82) is 0 Å². The second-order valence-corrected chi connectivity index (χ2v) is 10.8. The van der Waals surface area contributed by atoms with E-state index >= 15 is 0 Å². The largest absolute Gasteiger partial charge is 0.416 e. The summed E-state index contributed by atoms with van der Waals surface area (Å²) >= 11 is 0. The van der Waals surface area contributed by atoms with E-state index in [1.54, 1.807) is 38.2 Å². The fourth-order valence-corrected chi connectivity index (χ4v) is 4.75. The quantitative estimate of drug-likeness (QED) is 0.155. The number of hydrogen-bond donors (Lipinski definition) is 3. The van der Waals surface area contributed by atoms with E-state index in [0.717, 1.165) is 41.0 Å². The second kappa shape index (κ2) is 13.9. The number of carbonyl (C=O) groups excluding carboxylic acids is 1. The number of nitrogens with zero attached hydrogens (tertiary/aromatic N) is 1. The first kappa shape index (κ1) is 31.1. The van der Waals surface area contributed by atoms with E-state index in [9.17, 15) is 18.0 Å². The zero-order valence-corrected chi connectivity index (χ0v) is 24.3. The number of hydrogen-bond acceptors (Lipinski definition) is 4. The molecule has 1 aliphatic rings. The fraction of sp³-hybridized carbons (Fsp3) is 0.324. The fourth-order valence-electron chi connectivity index (χ4n) is 4.75. The lowest BCUT2D eigenvalue weighted by Crippen LogP contribution is -2.29. The van der Waals surface area contributed by atoms with Gasteiger partial charge in [0.15, 0.2) is 0 Å². The summed E-state index contributed by atoms with van der Waals surface area (Å²) in [5.74, 6) is 0.0118. The molecule has 3 aromatic rings. The van der Waals surface area contributed by atoms with Gasteiger partial charge in [-0.2, -0.15) is 13.2 Å². The van der Waals surface area contributed by atoms with Crippen LogP contribution >= 0.6 is 0 Å². The lowest BCUT2D eigenvalue weighted by Gasteiger charge is -2.24. The molecule has 0 aromatic heterocycles. The molecule has 8 heteroatoms. The Balaban J connectivity index is 1.67. The Bertz CT molecular complexity index is 1430. The predicted octanol–water partition coefficient (Wildman–Crippen LogP) is 7.40. The van der Waals surface area contributed by atoms with Crippen molar-refractivity contribution < 1.29 is 18.0 Å². The van der Waals surface area contributed by atoms with Crippen molar-refractivity contribution in [2.45, 2.75) is 51.9 Å². The number of halogens is 3. The third kappa shape index (κ3) is 8.33. The molecule has 1 amide bonds. The van der Waals surface area contributed by atoms with E-state index < -0.39 is 17.7 Å². The molecular weight excluding hydrogens is 537 g/mol. The van der Waals surface area contributed by atoms with E-state index in [0.29, 0.717) is 17.3 Å². The van der Waals surface area contributed by atoms with Gasteiger partial charge in [-0.05, 0) is 85.7 Å². The van der Waals surface area contributed by atoms with Crippen LogP contribution in [0.3, 0.4) is 0 Å². The van der Waals surface area contributed by atoms with Crippen LogP contribution in [0.2, 0.25) is 0 Å². The Morgan fingerprint density at radius 3 is 2.40 bits per heavy atom. The van der Waals surface area contributed by atoms with Crippen molar-refractivity contribution in [3.05, 3.63) is 118 Å². The minimum atomic E-state index is -4.62. The maximum absolute atomic E-state index is 13.9. The first-order valence-electron chi connectivity index (χ1n) is 14.3. The summed E-state index contributed by atoms with van der Waals surface area (Å²) in [6.45, 7) is 4.82. The van der Waals surface area contributed by atoms with E-state index in [4.69, 9.17) is 5.73 Å². The van der Waals surface area contributed by atoms with Gasteiger partial charge in [0, 0.05) is 25.0 Å². The Morgan fingerprint density at radius 2 is 1.76 bits per heavy atom. The molecule has 222 valence electrons. The van der Waals surface area contributed by atoms with Gasteiger partial charge in [0.05, 0.1) is 11.6 Å². The van der Waals surface area contributed by atoms with Crippen molar-refractivity contribution in [3.63, 3.8) is 0 Å². The number of amides is 1. The predicted molar refractivity (Wildman–Crippen MR) is 164 cm³/mol. The van der Waals surface area contributed by atoms with Gasteiger partial charge >= 0.3 is 6.18 Å². The van der Waals surface area contributed by atoms with Crippen LogP contribution in [0.1, 0.15) is 54.5 Å². The number of likely N-dealkylation sites (N-methyl/N-ethyl adjacent to an activating group) is 1. The minimum absolute atomic E-state index is 0.0935. The van der Waals surface area contributed by atoms with E-state index in [1.165, 1.54) is 17.7 Å². The van der Waals surface area contributed by atoms with Crippen LogP contribution in [0, 0.1) is 12.8 Å². The van der Waals surface area contributed by atoms with Gasteiger partial charge in [-0.15, -0.1) is 0 Å². The minimum Gasteiger partial charge on any atom is -0.340 e. The Labute approximate surface area is 246 Å². The van der Waals surface area contributed by atoms with Crippen LogP contribution in [0.25, 0.3) is 0 Å². The SMILES string of the molecule is CC/C=C(/C=C(/C(=O)Nc1cccc(C(NCC2CC2)c2ccc(C)cc2)c1)N(C)c1cccc(CN)c1)C(F)(F)F. The van der Waals surface area contributed by atoms with Gasteiger partial charge in [-0.3, -0.25) is 4.79 Å². The van der Waals surface area contributed by atoms with Crippen LogP contribution in [0.4, 0.5) is 24.5 Å². The van der Waals surface area contributed by atoms with E-state index in [-0.39, 0.29) is 24.7 Å². The number of alkyl halides is 3. The smallest absolute Gasteiger partial charge is 0.340 e. The third-order valence-electron chi connectivity index (χ3n) is 7.37. The lowest BCUT2D eigenvalue weighted by atomic mass is 9.97. The Hall–Kier alpha value is -3.88. The van der Waals surface area contributed by atoms with Crippen LogP contribution in [0.5, 0.6) is 0 Å². The lowest BCUT2D eigenvalue weighted by molar-refractivity contribution is -0.112. The average molecular weight is 577 g/mol. The van der Waals surface area contributed by atoms with Crippen LogP contribution < -0.4 is 21.3 Å². The monoisotopic (exact) mass is 576 g/mol. The molecule has 0 saturated heterocycles. The van der Waals surface area contributed by atoms with Gasteiger partial charge in [-0.25, -0.2) is 0 Å². The molecule has 4 N–H and O–H groups in total. The van der Waals surface area contributed by atoms with Gasteiger partial charge < -0.3 is 21.3 Å². The van der Waals surface area contributed by atoms with Crippen molar-refractivity contribution >= 4 is 17.3 Å². The normalized spacial score (nSPS) is 14.9. The average Bonchev–Trinajstić information content (AvgIpc) is 3.80. The number of rotatable bonds is 12. The highest BCUT2D eigenvalue weighted by molar-refractivity contribution is 6.06. The molecular formula is C34H39F3N4O. The summed E-state index contributed by atoms with van der Waals surface area (Å²) in [5.41, 5.74) is 9.82. The molecule has 42 heavy (non-hydrogen) atoms. The highest BCUT2D eigenvalue weighted by Gasteiger charge is 2.33. The maximum atomic E-state index is 13.9. The maximum Gasteiger partial charge on any atom is 0.416 e. The van der Waals surface area contributed by atoms with Crippen molar-refractivity contribution in [3.8, 4) is 0 Å². The molecule has 0 heterocycles. The van der Waals surface area contributed by atoms with Crippen molar-refractivity contribution in [2.75, 3.05) is 23.8 Å². The highest BCUT2D eigenvalue weighted by Crippen LogP contribution is 2.32. The number of nitrogens with one attached hydrogen (secondary N) is 2. The molecule has 1 saturated carbocycles. The molecule has 4 rings (SSSR count). The Morgan fingerprint density at radius 1 is 1.05 bits per heavy atom. The number of carbonyl (C=O) groups is 1. The molecule has 0 spiro atoms. The van der Waals surface area contributed by atoms with Gasteiger partial charge in [0.1, 0.15) is 5.70 Å². The number of aryl methyl sites for hydroxylation is 1. The first-order chi connectivity index (χ1) is 20.1. The van der Waals surface area contributed by atoms with Gasteiger partial charge in [0.25, 0.3) is 5.91 Å². The Kier molecular flexibility index (Phi) is 10.2. The number of allylic oxidation sites excluding steroid dienone is 3. The zero-order chi connectivity index (χ0) is 30.3. The molecule has 1 fully saturated rings.